The van der Waals surface area contributed by atoms with Crippen LogP contribution in [0.3, 0.4) is 0 Å². The maximum Gasteiger partial charge on any atom is 0.254 e. The van der Waals surface area contributed by atoms with Crippen LogP contribution in [0.5, 0.6) is 0 Å². The average molecular weight is 582 g/mol. The minimum absolute atomic E-state index is 0.0173. The number of rotatable bonds is 9. The Labute approximate surface area is 257 Å². The van der Waals surface area contributed by atoms with Gasteiger partial charge in [-0.1, -0.05) is 72.9 Å². The lowest BCUT2D eigenvalue weighted by Crippen LogP contribution is -2.44. The second-order valence-electron chi connectivity index (χ2n) is 11.4. The van der Waals surface area contributed by atoms with Crippen LogP contribution in [0.15, 0.2) is 108 Å². The molecule has 2 amide bonds. The van der Waals surface area contributed by atoms with Crippen LogP contribution in [0.2, 0.25) is 0 Å². The van der Waals surface area contributed by atoms with Crippen LogP contribution in [-0.2, 0) is 11.3 Å². The molecule has 7 heteroatoms. The summed E-state index contributed by atoms with van der Waals surface area (Å²) in [6.07, 6.45) is 19.5. The molecule has 1 aromatic rings. The standard InChI is InChI=1S/C36H47N5O2/c1-5-29(2)11-10-12-30(3)40-22-7-6-13-33(26-38-23-18-37-19-24-38)25-31(4)41(35(42)28-40)27-32-14-16-34(17-15-32)36(43)39-20-8-9-21-39/h5-11,13-17,25,37H,3,12,18-24,26-28H2,1-2,4H3/b7-6+,11-10-,29-5-,31-25+,33-13+. The van der Waals surface area contributed by atoms with Gasteiger partial charge in [0.15, 0.2) is 0 Å². The van der Waals surface area contributed by atoms with E-state index in [-0.39, 0.29) is 18.4 Å². The van der Waals surface area contributed by atoms with E-state index >= 15 is 0 Å². The van der Waals surface area contributed by atoms with Crippen molar-refractivity contribution in [3.8, 4) is 0 Å². The van der Waals surface area contributed by atoms with Crippen molar-refractivity contribution in [3.63, 3.8) is 0 Å². The molecule has 3 aliphatic rings. The normalized spacial score (nSPS) is 22.3. The Hall–Kier alpha value is -3.94. The van der Waals surface area contributed by atoms with E-state index < -0.39 is 0 Å². The zero-order chi connectivity index (χ0) is 30.6. The van der Waals surface area contributed by atoms with Gasteiger partial charge in [-0.25, -0.2) is 0 Å². The molecule has 228 valence electrons. The summed E-state index contributed by atoms with van der Waals surface area (Å²) in [7, 11) is 0. The monoisotopic (exact) mass is 581 g/mol. The van der Waals surface area contributed by atoms with Crippen LogP contribution in [0.4, 0.5) is 0 Å². The van der Waals surface area contributed by atoms with Gasteiger partial charge in [-0.3, -0.25) is 14.5 Å². The summed E-state index contributed by atoms with van der Waals surface area (Å²) in [5, 5.41) is 3.42. The van der Waals surface area contributed by atoms with Gasteiger partial charge in [0.05, 0.1) is 13.1 Å². The third kappa shape index (κ3) is 9.53. The maximum atomic E-state index is 14.0. The molecule has 4 rings (SSSR count). The zero-order valence-corrected chi connectivity index (χ0v) is 26.1. The van der Waals surface area contributed by atoms with E-state index in [1.807, 2.05) is 60.1 Å². The molecule has 0 aromatic heterocycles. The minimum atomic E-state index is 0.0173. The quantitative estimate of drug-likeness (QED) is 0.326. The first-order chi connectivity index (χ1) is 20.8. The lowest BCUT2D eigenvalue weighted by atomic mass is 10.1. The molecule has 0 atom stereocenters. The highest BCUT2D eigenvalue weighted by molar-refractivity contribution is 5.94. The second kappa shape index (κ2) is 16.1. The number of carbonyl (C=O) groups is 2. The first-order valence-electron chi connectivity index (χ1n) is 15.4. The Bertz CT molecular complexity index is 1320. The molecule has 0 unspecified atom stereocenters. The van der Waals surface area contributed by atoms with Crippen molar-refractivity contribution in [1.82, 2.24) is 24.9 Å². The highest BCUT2D eigenvalue weighted by atomic mass is 16.2. The van der Waals surface area contributed by atoms with Crippen molar-refractivity contribution in [2.24, 2.45) is 0 Å². The van der Waals surface area contributed by atoms with Gasteiger partial charge >= 0.3 is 0 Å². The molecule has 1 saturated heterocycles. The third-order valence-corrected chi connectivity index (χ3v) is 8.12. The van der Waals surface area contributed by atoms with Gasteiger partial charge in [-0.05, 0) is 50.1 Å². The molecule has 1 fully saturated rings. The molecule has 0 aliphatic carbocycles. The Balaban J connectivity index is 1.57. The lowest BCUT2D eigenvalue weighted by molar-refractivity contribution is -0.130. The predicted octanol–water partition coefficient (Wildman–Crippen LogP) is 5.06. The van der Waals surface area contributed by atoms with Crippen molar-refractivity contribution < 1.29 is 9.59 Å². The number of nitrogens with one attached hydrogen (secondary N) is 1. The largest absolute Gasteiger partial charge is 0.362 e. The molecule has 1 N–H and O–H groups in total. The van der Waals surface area contributed by atoms with Crippen LogP contribution in [0, 0.1) is 0 Å². The average Bonchev–Trinajstić information content (AvgIpc) is 3.56. The molecule has 43 heavy (non-hydrogen) atoms. The van der Waals surface area contributed by atoms with Crippen molar-refractivity contribution in [3.05, 3.63) is 119 Å². The second-order valence-corrected chi connectivity index (χ2v) is 11.4. The first-order valence-corrected chi connectivity index (χ1v) is 15.4. The molecule has 1 aromatic carbocycles. The first kappa shape index (κ1) is 32.0. The van der Waals surface area contributed by atoms with Gasteiger partial charge in [0.2, 0.25) is 5.91 Å². The predicted molar refractivity (Wildman–Crippen MR) is 176 cm³/mol. The van der Waals surface area contributed by atoms with Crippen LogP contribution >= 0.6 is 0 Å². The van der Waals surface area contributed by atoms with Gasteiger partial charge in [0, 0.05) is 75.7 Å². The summed E-state index contributed by atoms with van der Waals surface area (Å²) in [5.74, 6) is 0.0468. The van der Waals surface area contributed by atoms with Crippen LogP contribution in [-0.4, -0.2) is 90.3 Å². The van der Waals surface area contributed by atoms with Crippen LogP contribution < -0.4 is 5.32 Å². The summed E-state index contributed by atoms with van der Waals surface area (Å²) in [6, 6.07) is 7.68. The summed E-state index contributed by atoms with van der Waals surface area (Å²) < 4.78 is 0. The Kier molecular flexibility index (Phi) is 11.9. The van der Waals surface area contributed by atoms with Gasteiger partial charge in [-0.15, -0.1) is 0 Å². The van der Waals surface area contributed by atoms with Crippen molar-refractivity contribution >= 4 is 11.8 Å². The Morgan fingerprint density at radius 2 is 1.70 bits per heavy atom. The summed E-state index contributed by atoms with van der Waals surface area (Å²) in [4.78, 5) is 35.0. The number of piperazine rings is 1. The fourth-order valence-electron chi connectivity index (χ4n) is 5.33. The number of hydrogen-bond acceptors (Lipinski definition) is 5. The van der Waals surface area contributed by atoms with Gasteiger partial charge < -0.3 is 20.0 Å². The molecule has 7 nitrogen and oxygen atoms in total. The Morgan fingerprint density at radius 1 is 1.00 bits per heavy atom. The van der Waals surface area contributed by atoms with Gasteiger partial charge in [0.1, 0.15) is 0 Å². The minimum Gasteiger partial charge on any atom is -0.362 e. The number of benzene rings is 1. The van der Waals surface area contributed by atoms with E-state index in [0.29, 0.717) is 38.2 Å². The lowest BCUT2D eigenvalue weighted by Gasteiger charge is -2.30. The van der Waals surface area contributed by atoms with E-state index in [0.717, 1.165) is 49.7 Å². The number of carbonyl (C=O) groups excluding carboxylic acids is 2. The molecular formula is C36H47N5O2. The zero-order valence-electron chi connectivity index (χ0n) is 26.1. The number of amides is 2. The molecule has 0 radical (unpaired) electrons. The highest BCUT2D eigenvalue weighted by Crippen LogP contribution is 2.19. The molecule has 0 spiro atoms. The van der Waals surface area contributed by atoms with E-state index in [9.17, 15) is 9.59 Å². The van der Waals surface area contributed by atoms with Crippen molar-refractivity contribution in [2.45, 2.75) is 33.7 Å². The highest BCUT2D eigenvalue weighted by Gasteiger charge is 2.22. The SMILES string of the molecule is C=C(C/C=C\C(C)=C/C)N1C/C=C/C=C(CN2CCNCC2)\C=C(/C)N(Cc2ccc(C(=O)N3CC=CC3)cc2)C(=O)C1. The molecule has 0 bridgehead atoms. The number of allylic oxidation sites excluding steroid dienone is 7. The molecule has 3 aliphatic heterocycles. The fraction of sp³-hybridized carbons (Fsp3) is 0.389. The van der Waals surface area contributed by atoms with E-state index in [4.69, 9.17) is 0 Å². The van der Waals surface area contributed by atoms with Crippen LogP contribution in [0.25, 0.3) is 0 Å². The van der Waals surface area contributed by atoms with E-state index in [1.54, 1.807) is 0 Å². The number of hydrogen-bond donors (Lipinski definition) is 1. The summed E-state index contributed by atoms with van der Waals surface area (Å²) in [6.45, 7) is 17.8. The topological polar surface area (TPSA) is 59.1 Å². The number of nitrogens with zero attached hydrogens (tertiary/aromatic N) is 4. The fourth-order valence-corrected chi connectivity index (χ4v) is 5.33. The molecule has 3 heterocycles. The third-order valence-electron chi connectivity index (χ3n) is 8.12. The maximum absolute atomic E-state index is 14.0. The van der Waals surface area contributed by atoms with Gasteiger partial charge in [-0.2, -0.15) is 0 Å². The van der Waals surface area contributed by atoms with Crippen molar-refractivity contribution in [2.75, 3.05) is 58.9 Å². The van der Waals surface area contributed by atoms with Crippen LogP contribution in [0.1, 0.15) is 43.1 Å². The van der Waals surface area contributed by atoms with Crippen molar-refractivity contribution in [1.29, 1.82) is 0 Å². The molecular weight excluding hydrogens is 534 g/mol. The summed E-state index contributed by atoms with van der Waals surface area (Å²) in [5.41, 5.74) is 5.82. The van der Waals surface area contributed by atoms with E-state index in [2.05, 4.69) is 71.2 Å². The van der Waals surface area contributed by atoms with Gasteiger partial charge in [0.25, 0.3) is 5.91 Å². The smallest absolute Gasteiger partial charge is 0.254 e. The van der Waals surface area contributed by atoms with E-state index in [1.165, 1.54) is 11.1 Å². The Morgan fingerprint density at radius 3 is 2.40 bits per heavy atom. The summed E-state index contributed by atoms with van der Waals surface area (Å²) >= 11 is 0. The molecule has 0 saturated carbocycles.